The second-order valence-corrected chi connectivity index (χ2v) is 9.84. The Kier molecular flexibility index (Phi) is 6.57. The zero-order chi connectivity index (χ0) is 24.8. The van der Waals surface area contributed by atoms with E-state index in [9.17, 15) is 5.11 Å². The van der Waals surface area contributed by atoms with Crippen LogP contribution < -0.4 is 10.6 Å². The Hall–Kier alpha value is -3.79. The minimum Gasteiger partial charge on any atom is -0.493 e. The Morgan fingerprint density at radius 3 is 1.89 bits per heavy atom. The zero-order valence-electron chi connectivity index (χ0n) is 20.7. The SMILES string of the molecule is Cl.Oc1nc(-c2ccc(-c3cnc([C@@H]4CCCN4)[nH]3)cc2)nc2ccc(-c3cnc([C@@H]4CCCN4)[nH]3)cc12. The van der Waals surface area contributed by atoms with Crippen LogP contribution in [0.5, 0.6) is 5.88 Å². The van der Waals surface area contributed by atoms with Crippen LogP contribution in [-0.4, -0.2) is 48.1 Å². The van der Waals surface area contributed by atoms with E-state index >= 15 is 0 Å². The highest BCUT2D eigenvalue weighted by atomic mass is 35.5. The maximum absolute atomic E-state index is 10.8. The number of aromatic nitrogens is 6. The maximum Gasteiger partial charge on any atom is 0.222 e. The number of aromatic amines is 2. The quantitative estimate of drug-likeness (QED) is 0.216. The van der Waals surface area contributed by atoms with E-state index in [-0.39, 0.29) is 24.3 Å². The summed E-state index contributed by atoms with van der Waals surface area (Å²) in [5.41, 5.74) is 5.40. The molecule has 38 heavy (non-hydrogen) atoms. The van der Waals surface area contributed by atoms with E-state index in [1.165, 1.54) is 6.42 Å². The largest absolute Gasteiger partial charge is 0.493 e. The van der Waals surface area contributed by atoms with E-state index in [1.807, 2.05) is 54.9 Å². The van der Waals surface area contributed by atoms with Gasteiger partial charge in [0.1, 0.15) is 11.6 Å². The fourth-order valence-electron chi connectivity index (χ4n) is 5.36. The van der Waals surface area contributed by atoms with E-state index in [2.05, 4.69) is 35.6 Å². The molecular weight excluding hydrogens is 500 g/mol. The standard InChI is InChI=1S/C28H28N8O.ClH/c37-28-19-13-18(24-15-32-27(35-24)22-4-2-12-30-22)9-10-20(19)33-25(36-28)17-7-5-16(6-8-17)23-14-31-26(34-23)21-3-1-11-29-21;/h5-10,13-15,21-22,29-30H,1-4,11-12H2,(H,31,34)(H,32,35)(H,33,36,37);1H/t21-,22-;/m0./s1. The molecule has 10 heteroatoms. The fraction of sp³-hybridized carbons (Fsp3) is 0.286. The number of rotatable bonds is 5. The summed E-state index contributed by atoms with van der Waals surface area (Å²) in [7, 11) is 0. The summed E-state index contributed by atoms with van der Waals surface area (Å²) in [4.78, 5) is 25.1. The molecule has 0 bridgehead atoms. The molecule has 9 nitrogen and oxygen atoms in total. The van der Waals surface area contributed by atoms with Crippen LogP contribution in [-0.2, 0) is 0 Å². The van der Waals surface area contributed by atoms with Crippen molar-refractivity contribution in [3.8, 4) is 39.8 Å². The maximum atomic E-state index is 10.8. The lowest BCUT2D eigenvalue weighted by Crippen LogP contribution is -2.14. The molecule has 0 unspecified atom stereocenters. The van der Waals surface area contributed by atoms with Crippen LogP contribution in [0.4, 0.5) is 0 Å². The molecule has 2 saturated heterocycles. The van der Waals surface area contributed by atoms with Crippen LogP contribution >= 0.6 is 12.4 Å². The molecule has 0 amide bonds. The van der Waals surface area contributed by atoms with Crippen LogP contribution in [0.15, 0.2) is 54.9 Å². The van der Waals surface area contributed by atoms with Gasteiger partial charge in [0.2, 0.25) is 5.88 Å². The second kappa shape index (κ2) is 10.2. The highest BCUT2D eigenvalue weighted by Gasteiger charge is 2.21. The first-order valence-corrected chi connectivity index (χ1v) is 12.9. The predicted octanol–water partition coefficient (Wildman–Crippen LogP) is 5.05. The minimum absolute atomic E-state index is 0. The smallest absolute Gasteiger partial charge is 0.222 e. The van der Waals surface area contributed by atoms with Gasteiger partial charge in [-0.25, -0.2) is 15.0 Å². The Morgan fingerprint density at radius 1 is 0.711 bits per heavy atom. The molecule has 0 radical (unpaired) electrons. The summed E-state index contributed by atoms with van der Waals surface area (Å²) >= 11 is 0. The van der Waals surface area contributed by atoms with Crippen molar-refractivity contribution in [3.63, 3.8) is 0 Å². The van der Waals surface area contributed by atoms with Crippen LogP contribution in [0.2, 0.25) is 0 Å². The molecule has 194 valence electrons. The number of aromatic hydroxyl groups is 1. The fourth-order valence-corrected chi connectivity index (χ4v) is 5.36. The first kappa shape index (κ1) is 24.5. The van der Waals surface area contributed by atoms with Gasteiger partial charge >= 0.3 is 0 Å². The molecule has 0 saturated carbocycles. The number of halogens is 1. The molecular formula is C28H29ClN8O. The molecule has 2 atom stereocenters. The second-order valence-electron chi connectivity index (χ2n) is 9.84. The van der Waals surface area contributed by atoms with Crippen molar-refractivity contribution in [2.24, 2.45) is 0 Å². The summed E-state index contributed by atoms with van der Waals surface area (Å²) in [6.45, 7) is 2.06. The topological polar surface area (TPSA) is 127 Å². The monoisotopic (exact) mass is 528 g/mol. The number of hydrogen-bond donors (Lipinski definition) is 5. The third-order valence-electron chi connectivity index (χ3n) is 7.41. The first-order valence-electron chi connectivity index (χ1n) is 12.9. The third-order valence-corrected chi connectivity index (χ3v) is 7.41. The lowest BCUT2D eigenvalue weighted by molar-refractivity contribution is 0.460. The molecule has 2 aliphatic heterocycles. The number of imidazole rings is 2. The lowest BCUT2D eigenvalue weighted by atomic mass is 10.1. The van der Waals surface area contributed by atoms with Crippen LogP contribution in [0.25, 0.3) is 44.8 Å². The van der Waals surface area contributed by atoms with Gasteiger partial charge in [0, 0.05) is 11.1 Å². The predicted molar refractivity (Wildman–Crippen MR) is 149 cm³/mol. The normalized spacial score (nSPS) is 19.2. The van der Waals surface area contributed by atoms with Gasteiger partial charge in [0.25, 0.3) is 0 Å². The molecule has 5 N–H and O–H groups in total. The number of fused-ring (bicyclic) bond motifs is 1. The van der Waals surface area contributed by atoms with Crippen molar-refractivity contribution in [2.45, 2.75) is 37.8 Å². The van der Waals surface area contributed by atoms with Gasteiger partial charge in [0.05, 0.1) is 46.8 Å². The van der Waals surface area contributed by atoms with E-state index in [0.717, 1.165) is 72.1 Å². The van der Waals surface area contributed by atoms with Crippen molar-refractivity contribution >= 4 is 23.3 Å². The highest BCUT2D eigenvalue weighted by molar-refractivity contribution is 5.89. The molecule has 2 aromatic carbocycles. The van der Waals surface area contributed by atoms with Crippen molar-refractivity contribution in [1.29, 1.82) is 0 Å². The van der Waals surface area contributed by atoms with Crippen LogP contribution in [0, 0.1) is 0 Å². The van der Waals surface area contributed by atoms with Gasteiger partial charge in [-0.3, -0.25) is 0 Å². The molecule has 2 fully saturated rings. The van der Waals surface area contributed by atoms with Gasteiger partial charge in [0.15, 0.2) is 5.82 Å². The van der Waals surface area contributed by atoms with Crippen molar-refractivity contribution in [2.75, 3.05) is 13.1 Å². The third kappa shape index (κ3) is 4.53. The summed E-state index contributed by atoms with van der Waals surface area (Å²) in [5, 5.41) is 18.3. The average molecular weight is 529 g/mol. The minimum atomic E-state index is -0.0367. The van der Waals surface area contributed by atoms with Gasteiger partial charge < -0.3 is 25.7 Å². The Morgan fingerprint density at radius 2 is 1.29 bits per heavy atom. The molecule has 0 aliphatic carbocycles. The van der Waals surface area contributed by atoms with Crippen LogP contribution in [0.3, 0.4) is 0 Å². The van der Waals surface area contributed by atoms with E-state index < -0.39 is 0 Å². The van der Waals surface area contributed by atoms with Gasteiger partial charge in [-0.1, -0.05) is 30.3 Å². The molecule has 2 aliphatic rings. The highest BCUT2D eigenvalue weighted by Crippen LogP contribution is 2.31. The average Bonchev–Trinajstić information content (AvgIpc) is 3.75. The Labute approximate surface area is 226 Å². The molecule has 5 aromatic rings. The van der Waals surface area contributed by atoms with Crippen molar-refractivity contribution in [3.05, 3.63) is 66.5 Å². The van der Waals surface area contributed by atoms with E-state index in [4.69, 9.17) is 4.98 Å². The zero-order valence-corrected chi connectivity index (χ0v) is 21.6. The molecule has 5 heterocycles. The number of nitrogens with one attached hydrogen (secondary N) is 4. The van der Waals surface area contributed by atoms with Crippen molar-refractivity contribution in [1.82, 2.24) is 40.5 Å². The Bertz CT molecular complexity index is 1570. The van der Waals surface area contributed by atoms with Gasteiger partial charge in [-0.05, 0) is 56.5 Å². The Balaban J connectivity index is 0.00000264. The summed E-state index contributed by atoms with van der Waals surface area (Å²) in [6, 6.07) is 14.4. The summed E-state index contributed by atoms with van der Waals surface area (Å²) in [5.74, 6) is 2.39. The van der Waals surface area contributed by atoms with Gasteiger partial charge in [-0.15, -0.1) is 12.4 Å². The molecule has 0 spiro atoms. The number of hydrogen-bond acceptors (Lipinski definition) is 7. The first-order chi connectivity index (χ1) is 18.2. The number of H-pyrrole nitrogens is 2. The van der Waals surface area contributed by atoms with Crippen LogP contribution in [0.1, 0.15) is 49.4 Å². The molecule has 7 rings (SSSR count). The lowest BCUT2D eigenvalue weighted by Gasteiger charge is -2.08. The summed E-state index contributed by atoms with van der Waals surface area (Å²) < 4.78 is 0. The van der Waals surface area contributed by atoms with Crippen molar-refractivity contribution < 1.29 is 5.11 Å². The summed E-state index contributed by atoms with van der Waals surface area (Å²) in [6.07, 6.45) is 8.26. The number of benzene rings is 2. The molecule has 3 aromatic heterocycles. The van der Waals surface area contributed by atoms with E-state index in [1.54, 1.807) is 0 Å². The number of nitrogens with zero attached hydrogens (tertiary/aromatic N) is 4. The van der Waals surface area contributed by atoms with E-state index in [0.29, 0.717) is 22.8 Å². The van der Waals surface area contributed by atoms with Gasteiger partial charge in [-0.2, -0.15) is 4.98 Å².